The molecule has 0 spiro atoms. The van der Waals surface area contributed by atoms with Crippen LogP contribution in [-0.2, 0) is 5.41 Å². The summed E-state index contributed by atoms with van der Waals surface area (Å²) in [6, 6.07) is 8.49. The van der Waals surface area contributed by atoms with Gasteiger partial charge in [0.1, 0.15) is 5.82 Å². The Balaban J connectivity index is 1.65. The lowest BCUT2D eigenvalue weighted by Gasteiger charge is -2.60. The fourth-order valence-corrected chi connectivity index (χ4v) is 6.20. The van der Waals surface area contributed by atoms with Crippen LogP contribution in [0.5, 0.6) is 0 Å². The third-order valence-electron chi connectivity index (χ3n) is 6.25. The number of benzene rings is 1. The third-order valence-corrected chi connectivity index (χ3v) is 6.25. The van der Waals surface area contributed by atoms with Crippen LogP contribution >= 0.6 is 0 Å². The number of hydrogen-bond donors (Lipinski definition) is 1. The highest BCUT2D eigenvalue weighted by molar-refractivity contribution is 5.75. The average Bonchev–Trinajstić information content (AvgIpc) is 2.80. The predicted octanol–water partition coefficient (Wildman–Crippen LogP) is 4.42. The predicted molar refractivity (Wildman–Crippen MR) is 80.6 cm³/mol. The molecule has 0 saturated heterocycles. The van der Waals surface area contributed by atoms with Crippen molar-refractivity contribution in [2.45, 2.75) is 50.9 Å². The summed E-state index contributed by atoms with van der Waals surface area (Å²) in [5.74, 6) is 3.20. The van der Waals surface area contributed by atoms with E-state index in [2.05, 4.69) is 36.2 Å². The maximum Gasteiger partial charge on any atom is 0.113 e. The lowest BCUT2D eigenvalue weighted by atomic mass is 9.44. The lowest BCUT2D eigenvalue weighted by molar-refractivity contribution is -0.0644. The molecule has 4 aliphatic carbocycles. The number of hydrogen-bond acceptors (Lipinski definition) is 1. The Morgan fingerprint density at radius 3 is 2.55 bits per heavy atom. The Hall–Kier alpha value is -1.31. The number of aromatic nitrogens is 2. The normalized spacial score (nSPS) is 42.5. The maximum absolute atomic E-state index is 4.98. The molecule has 1 aromatic carbocycles. The minimum Gasteiger partial charge on any atom is -0.342 e. The molecule has 2 heteroatoms. The van der Waals surface area contributed by atoms with E-state index in [0.29, 0.717) is 10.8 Å². The number of aromatic amines is 1. The fourth-order valence-electron chi connectivity index (χ4n) is 6.20. The Kier molecular flexibility index (Phi) is 1.97. The zero-order valence-corrected chi connectivity index (χ0v) is 12.2. The smallest absolute Gasteiger partial charge is 0.113 e. The van der Waals surface area contributed by atoms with Crippen LogP contribution in [0.1, 0.15) is 51.3 Å². The number of fused-ring (bicyclic) bond motifs is 1. The van der Waals surface area contributed by atoms with E-state index in [4.69, 9.17) is 4.98 Å². The highest BCUT2D eigenvalue weighted by atomic mass is 15.0. The van der Waals surface area contributed by atoms with Crippen LogP contribution in [0.15, 0.2) is 24.3 Å². The van der Waals surface area contributed by atoms with Crippen molar-refractivity contribution in [3.63, 3.8) is 0 Å². The average molecular weight is 266 g/mol. The largest absolute Gasteiger partial charge is 0.342 e. The summed E-state index contributed by atoms with van der Waals surface area (Å²) in [6.45, 7) is 2.53. The third kappa shape index (κ3) is 1.43. The molecule has 1 N–H and O–H groups in total. The number of H-pyrrole nitrogens is 1. The molecule has 0 amide bonds. The van der Waals surface area contributed by atoms with Crippen molar-refractivity contribution in [3.05, 3.63) is 30.1 Å². The van der Waals surface area contributed by atoms with Gasteiger partial charge in [0.05, 0.1) is 11.0 Å². The van der Waals surface area contributed by atoms with Gasteiger partial charge in [0.2, 0.25) is 0 Å². The van der Waals surface area contributed by atoms with E-state index in [1.807, 2.05) is 0 Å². The SMILES string of the molecule is CC12CC3CC(C1)CC(c1nc4ccccc4[nH]1)(C3)C2. The highest BCUT2D eigenvalue weighted by Gasteiger charge is 2.57. The Morgan fingerprint density at radius 1 is 1.10 bits per heavy atom. The van der Waals surface area contributed by atoms with Gasteiger partial charge in [-0.05, 0) is 67.9 Å². The van der Waals surface area contributed by atoms with Crippen molar-refractivity contribution in [1.29, 1.82) is 0 Å². The summed E-state index contributed by atoms with van der Waals surface area (Å²) in [7, 11) is 0. The van der Waals surface area contributed by atoms with Crippen molar-refractivity contribution in [1.82, 2.24) is 9.97 Å². The second kappa shape index (κ2) is 3.47. The van der Waals surface area contributed by atoms with Gasteiger partial charge in [-0.3, -0.25) is 0 Å². The first-order chi connectivity index (χ1) is 9.64. The summed E-state index contributed by atoms with van der Waals surface area (Å²) in [6.07, 6.45) is 8.51. The first-order valence-electron chi connectivity index (χ1n) is 8.10. The highest BCUT2D eigenvalue weighted by Crippen LogP contribution is 2.65. The summed E-state index contributed by atoms with van der Waals surface area (Å²) in [5, 5.41) is 0. The van der Waals surface area contributed by atoms with Crippen molar-refractivity contribution < 1.29 is 0 Å². The summed E-state index contributed by atoms with van der Waals surface area (Å²) in [4.78, 5) is 8.64. The van der Waals surface area contributed by atoms with Gasteiger partial charge in [-0.2, -0.15) is 0 Å². The number of imidazole rings is 1. The Bertz CT molecular complexity index is 637. The first-order valence-corrected chi connectivity index (χ1v) is 8.10. The van der Waals surface area contributed by atoms with Gasteiger partial charge in [-0.25, -0.2) is 4.98 Å². The molecule has 4 bridgehead atoms. The quantitative estimate of drug-likeness (QED) is 0.813. The molecular formula is C18H22N2. The van der Waals surface area contributed by atoms with Gasteiger partial charge >= 0.3 is 0 Å². The number of nitrogens with zero attached hydrogens (tertiary/aromatic N) is 1. The fraction of sp³-hybridized carbons (Fsp3) is 0.611. The topological polar surface area (TPSA) is 28.7 Å². The maximum atomic E-state index is 4.98. The second-order valence-electron chi connectivity index (χ2n) is 8.15. The minimum absolute atomic E-state index is 0.359. The zero-order chi connectivity index (χ0) is 13.4. The van der Waals surface area contributed by atoms with Gasteiger partial charge < -0.3 is 4.98 Å². The van der Waals surface area contributed by atoms with Crippen molar-refractivity contribution >= 4 is 11.0 Å². The minimum atomic E-state index is 0.359. The Morgan fingerprint density at radius 2 is 1.85 bits per heavy atom. The van der Waals surface area contributed by atoms with Gasteiger partial charge in [0, 0.05) is 5.41 Å². The van der Waals surface area contributed by atoms with Crippen LogP contribution in [0.4, 0.5) is 0 Å². The van der Waals surface area contributed by atoms with Crippen LogP contribution < -0.4 is 0 Å². The molecule has 0 aliphatic heterocycles. The van der Waals surface area contributed by atoms with E-state index < -0.39 is 0 Å². The molecule has 1 heterocycles. The molecule has 4 fully saturated rings. The van der Waals surface area contributed by atoms with E-state index in [1.54, 1.807) is 0 Å². The zero-order valence-electron chi connectivity index (χ0n) is 12.2. The number of rotatable bonds is 1. The van der Waals surface area contributed by atoms with E-state index >= 15 is 0 Å². The molecule has 20 heavy (non-hydrogen) atoms. The van der Waals surface area contributed by atoms with E-state index in [-0.39, 0.29) is 0 Å². The van der Waals surface area contributed by atoms with Crippen LogP contribution in [0.2, 0.25) is 0 Å². The molecule has 2 unspecified atom stereocenters. The van der Waals surface area contributed by atoms with Crippen LogP contribution in [0.3, 0.4) is 0 Å². The van der Waals surface area contributed by atoms with Crippen molar-refractivity contribution in [3.8, 4) is 0 Å². The van der Waals surface area contributed by atoms with Crippen molar-refractivity contribution in [2.24, 2.45) is 17.3 Å². The summed E-state index contributed by atoms with van der Waals surface area (Å²) < 4.78 is 0. The molecule has 2 nitrogen and oxygen atoms in total. The molecule has 4 aliphatic rings. The molecule has 2 atom stereocenters. The van der Waals surface area contributed by atoms with Gasteiger partial charge in [0.25, 0.3) is 0 Å². The molecule has 6 rings (SSSR count). The number of nitrogens with one attached hydrogen (secondary N) is 1. The van der Waals surface area contributed by atoms with E-state index in [9.17, 15) is 0 Å². The molecule has 2 aromatic rings. The van der Waals surface area contributed by atoms with Crippen molar-refractivity contribution in [2.75, 3.05) is 0 Å². The van der Waals surface area contributed by atoms with Crippen LogP contribution in [0, 0.1) is 17.3 Å². The molecule has 104 valence electrons. The summed E-state index contributed by atoms with van der Waals surface area (Å²) >= 11 is 0. The van der Waals surface area contributed by atoms with E-state index in [0.717, 1.165) is 17.4 Å². The second-order valence-corrected chi connectivity index (χ2v) is 8.15. The summed E-state index contributed by atoms with van der Waals surface area (Å²) in [5.41, 5.74) is 3.30. The molecule has 4 saturated carbocycles. The lowest BCUT2D eigenvalue weighted by Crippen LogP contribution is -2.53. The molecule has 0 radical (unpaired) electrons. The molecule has 1 aromatic heterocycles. The molecular weight excluding hydrogens is 244 g/mol. The van der Waals surface area contributed by atoms with Crippen LogP contribution in [-0.4, -0.2) is 9.97 Å². The number of para-hydroxylation sites is 2. The van der Waals surface area contributed by atoms with Crippen LogP contribution in [0.25, 0.3) is 11.0 Å². The monoisotopic (exact) mass is 266 g/mol. The van der Waals surface area contributed by atoms with E-state index in [1.165, 1.54) is 49.9 Å². The van der Waals surface area contributed by atoms with Gasteiger partial charge in [-0.1, -0.05) is 19.1 Å². The standard InChI is InChI=1S/C18H22N2/c1-17-7-12-6-13(8-17)10-18(9-12,11-17)16-19-14-4-2-3-5-15(14)20-16/h2-5,12-13H,6-11H2,1H3,(H,19,20). The van der Waals surface area contributed by atoms with Gasteiger partial charge in [-0.15, -0.1) is 0 Å². The Labute approximate surface area is 120 Å². The first kappa shape index (κ1) is 11.4. The van der Waals surface area contributed by atoms with Gasteiger partial charge in [0.15, 0.2) is 0 Å².